The average Bonchev–Trinajstić information content (AvgIpc) is 3.40. The van der Waals surface area contributed by atoms with Gasteiger partial charge in [-0.1, -0.05) is 12.1 Å². The minimum absolute atomic E-state index is 0.147. The van der Waals surface area contributed by atoms with Crippen LogP contribution in [0.3, 0.4) is 0 Å². The van der Waals surface area contributed by atoms with E-state index in [1.807, 2.05) is 0 Å². The highest BCUT2D eigenvalue weighted by molar-refractivity contribution is 5.81. The number of carbonyl (C=O) groups is 2. The molecular weight excluding hydrogens is 313 g/mol. The van der Waals surface area contributed by atoms with Crippen LogP contribution < -0.4 is 11.1 Å². The number of urea groups is 1. The van der Waals surface area contributed by atoms with Crippen molar-refractivity contribution in [2.75, 3.05) is 19.7 Å². The molecule has 2 atom stereocenters. The van der Waals surface area contributed by atoms with Crippen molar-refractivity contribution in [2.45, 2.75) is 31.9 Å². The van der Waals surface area contributed by atoms with E-state index in [9.17, 15) is 14.0 Å². The SMILES string of the molecule is Cc1cc([C@H](NC(=O)N2CCO[C@@H](C(N)=O)C2)C2CC2)ccc1F. The molecule has 0 unspecified atom stereocenters. The van der Waals surface area contributed by atoms with Gasteiger partial charge in [0, 0.05) is 6.54 Å². The minimum Gasteiger partial charge on any atom is -0.367 e. The fraction of sp³-hybridized carbons (Fsp3) is 0.529. The summed E-state index contributed by atoms with van der Waals surface area (Å²) < 4.78 is 18.8. The van der Waals surface area contributed by atoms with Crippen LogP contribution in [0.5, 0.6) is 0 Å². The molecule has 0 aromatic heterocycles. The van der Waals surface area contributed by atoms with Crippen molar-refractivity contribution >= 4 is 11.9 Å². The molecule has 1 saturated carbocycles. The summed E-state index contributed by atoms with van der Waals surface area (Å²) in [5, 5.41) is 3.03. The van der Waals surface area contributed by atoms with E-state index in [4.69, 9.17) is 10.5 Å². The maximum Gasteiger partial charge on any atom is 0.318 e. The van der Waals surface area contributed by atoms with Gasteiger partial charge in [-0.2, -0.15) is 0 Å². The van der Waals surface area contributed by atoms with Gasteiger partial charge >= 0.3 is 6.03 Å². The third-order valence-electron chi connectivity index (χ3n) is 4.58. The second-order valence-corrected chi connectivity index (χ2v) is 6.48. The summed E-state index contributed by atoms with van der Waals surface area (Å²) in [5.41, 5.74) is 6.72. The highest BCUT2D eigenvalue weighted by atomic mass is 19.1. The smallest absolute Gasteiger partial charge is 0.318 e. The maximum absolute atomic E-state index is 13.5. The van der Waals surface area contributed by atoms with Gasteiger partial charge in [0.05, 0.1) is 19.2 Å². The van der Waals surface area contributed by atoms with Gasteiger partial charge in [0.15, 0.2) is 6.10 Å². The summed E-state index contributed by atoms with van der Waals surface area (Å²) in [6, 6.07) is 4.54. The highest BCUT2D eigenvalue weighted by Gasteiger charge is 2.36. The van der Waals surface area contributed by atoms with Crippen LogP contribution in [-0.2, 0) is 9.53 Å². The maximum atomic E-state index is 13.5. The lowest BCUT2D eigenvalue weighted by Crippen LogP contribution is -2.53. The van der Waals surface area contributed by atoms with Gasteiger partial charge in [0.2, 0.25) is 5.91 Å². The Morgan fingerprint density at radius 2 is 2.17 bits per heavy atom. The van der Waals surface area contributed by atoms with Crippen molar-refractivity contribution in [3.05, 3.63) is 35.1 Å². The largest absolute Gasteiger partial charge is 0.367 e. The molecule has 0 bridgehead atoms. The van der Waals surface area contributed by atoms with Gasteiger partial charge in [-0.05, 0) is 42.9 Å². The Bertz CT molecular complexity index is 648. The second kappa shape index (κ2) is 6.76. The fourth-order valence-corrected chi connectivity index (χ4v) is 2.99. The first-order valence-electron chi connectivity index (χ1n) is 8.18. The molecule has 0 radical (unpaired) electrons. The Morgan fingerprint density at radius 1 is 1.42 bits per heavy atom. The molecule has 3 rings (SSSR count). The van der Waals surface area contributed by atoms with Crippen LogP contribution in [0.15, 0.2) is 18.2 Å². The number of ether oxygens (including phenoxy) is 1. The molecule has 1 aliphatic heterocycles. The average molecular weight is 335 g/mol. The van der Waals surface area contributed by atoms with Crippen LogP contribution >= 0.6 is 0 Å². The number of amides is 3. The third kappa shape index (κ3) is 3.67. The van der Waals surface area contributed by atoms with Crippen LogP contribution in [0.4, 0.5) is 9.18 Å². The lowest BCUT2D eigenvalue weighted by Gasteiger charge is -2.33. The predicted molar refractivity (Wildman–Crippen MR) is 85.6 cm³/mol. The number of aryl methyl sites for hydroxylation is 1. The van der Waals surface area contributed by atoms with Crippen molar-refractivity contribution in [2.24, 2.45) is 11.7 Å². The van der Waals surface area contributed by atoms with Gasteiger partial charge < -0.3 is 20.7 Å². The van der Waals surface area contributed by atoms with E-state index in [2.05, 4.69) is 5.32 Å². The lowest BCUT2D eigenvalue weighted by atomic mass is 10.0. The molecule has 24 heavy (non-hydrogen) atoms. The number of rotatable bonds is 4. The normalized spacial score (nSPS) is 22.1. The Balaban J connectivity index is 1.70. The molecule has 130 valence electrons. The second-order valence-electron chi connectivity index (χ2n) is 6.48. The monoisotopic (exact) mass is 335 g/mol. The van der Waals surface area contributed by atoms with E-state index in [0.717, 1.165) is 18.4 Å². The van der Waals surface area contributed by atoms with Crippen molar-refractivity contribution in [1.82, 2.24) is 10.2 Å². The molecule has 3 amide bonds. The Hall–Kier alpha value is -2.15. The van der Waals surface area contributed by atoms with E-state index in [1.165, 1.54) is 6.07 Å². The molecule has 1 aromatic rings. The molecule has 1 heterocycles. The Kier molecular flexibility index (Phi) is 4.71. The van der Waals surface area contributed by atoms with Gasteiger partial charge in [-0.15, -0.1) is 0 Å². The summed E-state index contributed by atoms with van der Waals surface area (Å²) in [4.78, 5) is 25.4. The first-order chi connectivity index (χ1) is 11.5. The summed E-state index contributed by atoms with van der Waals surface area (Å²) >= 11 is 0. The molecule has 2 aliphatic rings. The number of nitrogens with two attached hydrogens (primary N) is 1. The summed E-state index contributed by atoms with van der Waals surface area (Å²) in [7, 11) is 0. The molecule has 1 aromatic carbocycles. The molecule has 6 nitrogen and oxygen atoms in total. The van der Waals surface area contributed by atoms with Crippen LogP contribution in [0.25, 0.3) is 0 Å². The molecule has 2 fully saturated rings. The zero-order valence-corrected chi connectivity index (χ0v) is 13.6. The van der Waals surface area contributed by atoms with E-state index >= 15 is 0 Å². The minimum atomic E-state index is -0.767. The van der Waals surface area contributed by atoms with E-state index < -0.39 is 12.0 Å². The quantitative estimate of drug-likeness (QED) is 0.874. The van der Waals surface area contributed by atoms with Gasteiger partial charge in [-0.25, -0.2) is 9.18 Å². The van der Waals surface area contributed by atoms with Crippen molar-refractivity contribution < 1.29 is 18.7 Å². The number of benzene rings is 1. The van der Waals surface area contributed by atoms with Crippen molar-refractivity contribution in [3.8, 4) is 0 Å². The number of nitrogens with zero attached hydrogens (tertiary/aromatic N) is 1. The molecule has 3 N–H and O–H groups in total. The first kappa shape index (κ1) is 16.7. The van der Waals surface area contributed by atoms with Gasteiger partial charge in [0.25, 0.3) is 0 Å². The number of hydrogen-bond acceptors (Lipinski definition) is 3. The predicted octanol–water partition coefficient (Wildman–Crippen LogP) is 1.48. The highest BCUT2D eigenvalue weighted by Crippen LogP contribution is 2.41. The molecule has 1 aliphatic carbocycles. The van der Waals surface area contributed by atoms with Crippen molar-refractivity contribution in [3.63, 3.8) is 0 Å². The first-order valence-corrected chi connectivity index (χ1v) is 8.18. The standard InChI is InChI=1S/C17H22FN3O3/c1-10-8-12(4-5-13(10)18)15(11-2-3-11)20-17(23)21-6-7-24-14(9-21)16(19)22/h4-5,8,11,14-15H,2-3,6-7,9H2,1H3,(H2,19,22)(H,20,23)/t14-,15-/m1/s1. The molecule has 0 spiro atoms. The van der Waals surface area contributed by atoms with E-state index in [1.54, 1.807) is 24.0 Å². The number of primary amides is 1. The Labute approximate surface area is 140 Å². The van der Waals surface area contributed by atoms with Crippen molar-refractivity contribution in [1.29, 1.82) is 0 Å². The Morgan fingerprint density at radius 3 is 2.79 bits per heavy atom. The number of morpholine rings is 1. The topological polar surface area (TPSA) is 84.7 Å². The van der Waals surface area contributed by atoms with E-state index in [0.29, 0.717) is 18.0 Å². The van der Waals surface area contributed by atoms with Crippen LogP contribution in [0.2, 0.25) is 0 Å². The molecular formula is C17H22FN3O3. The molecule has 7 heteroatoms. The van der Waals surface area contributed by atoms with Crippen LogP contribution in [0, 0.1) is 18.7 Å². The number of hydrogen-bond donors (Lipinski definition) is 2. The lowest BCUT2D eigenvalue weighted by molar-refractivity contribution is -0.133. The number of halogens is 1. The van der Waals surface area contributed by atoms with Crippen LogP contribution in [-0.4, -0.2) is 42.6 Å². The van der Waals surface area contributed by atoms with E-state index in [-0.39, 0.29) is 31.0 Å². The van der Waals surface area contributed by atoms with Crippen LogP contribution in [0.1, 0.15) is 30.0 Å². The summed E-state index contributed by atoms with van der Waals surface area (Å²) in [6.07, 6.45) is 1.31. The fourth-order valence-electron chi connectivity index (χ4n) is 2.99. The van der Waals surface area contributed by atoms with Gasteiger partial charge in [-0.3, -0.25) is 4.79 Å². The third-order valence-corrected chi connectivity index (χ3v) is 4.58. The summed E-state index contributed by atoms with van der Waals surface area (Å²) in [5.74, 6) is -0.454. The number of carbonyl (C=O) groups excluding carboxylic acids is 2. The zero-order chi connectivity index (χ0) is 17.3. The zero-order valence-electron chi connectivity index (χ0n) is 13.6. The molecule has 1 saturated heterocycles. The summed E-state index contributed by atoms with van der Waals surface area (Å²) in [6.45, 7) is 2.56. The van der Waals surface area contributed by atoms with Gasteiger partial charge in [0.1, 0.15) is 5.82 Å². The number of nitrogens with one attached hydrogen (secondary N) is 1.